The monoisotopic (exact) mass is 529 g/mol. The number of hydrogen-bond donors (Lipinski definition) is 1. The van der Waals surface area contributed by atoms with Gasteiger partial charge in [0.1, 0.15) is 18.8 Å². The minimum atomic E-state index is -4.55. The fourth-order valence-corrected chi connectivity index (χ4v) is 5.76. The molecule has 1 saturated carbocycles. The lowest BCUT2D eigenvalue weighted by Crippen LogP contribution is -2.57. The highest BCUT2D eigenvalue weighted by Crippen LogP contribution is 2.50. The van der Waals surface area contributed by atoms with Gasteiger partial charge in [-0.1, -0.05) is 18.2 Å². The number of nitrogens with one attached hydrogen (secondary N) is 1. The fraction of sp³-hybridized carbons (Fsp3) is 0.462. The number of hydrogen-bond acceptors (Lipinski definition) is 6. The van der Waals surface area contributed by atoms with Crippen LogP contribution in [-0.4, -0.2) is 76.5 Å². The van der Waals surface area contributed by atoms with Crippen molar-refractivity contribution in [1.29, 1.82) is 0 Å². The van der Waals surface area contributed by atoms with Crippen LogP contribution in [0.15, 0.2) is 42.7 Å². The molecule has 1 aliphatic carbocycles. The highest BCUT2D eigenvalue weighted by Gasteiger charge is 2.53. The maximum atomic E-state index is 13.9. The number of ether oxygens (including phenoxy) is 2. The second-order valence-corrected chi connectivity index (χ2v) is 10.1. The molecule has 1 aromatic carbocycles. The van der Waals surface area contributed by atoms with E-state index in [0.29, 0.717) is 42.8 Å². The van der Waals surface area contributed by atoms with Crippen molar-refractivity contribution in [3.63, 3.8) is 0 Å². The average Bonchev–Trinajstić information content (AvgIpc) is 3.40. The van der Waals surface area contributed by atoms with E-state index in [1.54, 1.807) is 24.5 Å². The van der Waals surface area contributed by atoms with Crippen LogP contribution in [0.3, 0.4) is 0 Å². The van der Waals surface area contributed by atoms with E-state index >= 15 is 0 Å². The molecule has 3 aromatic rings. The molecule has 2 amide bonds. The van der Waals surface area contributed by atoms with Crippen molar-refractivity contribution in [3.8, 4) is 5.75 Å². The predicted molar refractivity (Wildman–Crippen MR) is 130 cm³/mol. The summed E-state index contributed by atoms with van der Waals surface area (Å²) in [7, 11) is 0. The summed E-state index contributed by atoms with van der Waals surface area (Å²) in [5.74, 6) is -0.367. The quantitative estimate of drug-likeness (QED) is 0.526. The second kappa shape index (κ2) is 9.26. The Bertz CT molecular complexity index is 1360. The standard InChI is InChI=1S/C26H26F3N5O4/c27-26(28,29)15-34(17-13-37-14-17)22(35)12-33-21-4-2-1-3-20(21)25(24(33)36)7-5-18(6-8-25)38-19-9-16-10-31-32-23(16)30-11-19/h1-4,9-11,17-18H,5-8,12-15H2,(H,30,31,32). The van der Waals surface area contributed by atoms with Crippen LogP contribution >= 0.6 is 0 Å². The number of benzene rings is 1. The molecule has 0 bridgehead atoms. The van der Waals surface area contributed by atoms with Gasteiger partial charge in [-0.2, -0.15) is 18.3 Å². The first kappa shape index (κ1) is 24.7. The van der Waals surface area contributed by atoms with Crippen molar-refractivity contribution in [2.45, 2.75) is 49.4 Å². The number of aromatic amines is 1. The van der Waals surface area contributed by atoms with Crippen LogP contribution in [0.4, 0.5) is 18.9 Å². The predicted octanol–water partition coefficient (Wildman–Crippen LogP) is 3.35. The molecule has 0 atom stereocenters. The topological polar surface area (TPSA) is 101 Å². The van der Waals surface area contributed by atoms with Gasteiger partial charge in [-0.15, -0.1) is 0 Å². The van der Waals surface area contributed by atoms with Crippen molar-refractivity contribution >= 4 is 28.5 Å². The molecular formula is C26H26F3N5O4. The number of nitrogens with zero attached hydrogens (tertiary/aromatic N) is 4. The fourth-order valence-electron chi connectivity index (χ4n) is 5.76. The summed E-state index contributed by atoms with van der Waals surface area (Å²) in [5.41, 5.74) is 1.22. The number of amides is 2. The van der Waals surface area contributed by atoms with Gasteiger partial charge >= 0.3 is 6.18 Å². The number of para-hydroxylation sites is 1. The van der Waals surface area contributed by atoms with Gasteiger partial charge in [0, 0.05) is 11.1 Å². The molecule has 1 saturated heterocycles. The zero-order chi connectivity index (χ0) is 26.5. The van der Waals surface area contributed by atoms with Crippen LogP contribution in [-0.2, 0) is 19.7 Å². The summed E-state index contributed by atoms with van der Waals surface area (Å²) in [6.45, 7) is -1.70. The lowest BCUT2D eigenvalue weighted by molar-refractivity contribution is -0.179. The normalized spacial score (nSPS) is 23.5. The zero-order valence-electron chi connectivity index (χ0n) is 20.4. The molecule has 4 heterocycles. The molecule has 2 fully saturated rings. The van der Waals surface area contributed by atoms with E-state index in [-0.39, 0.29) is 25.2 Å². The number of halogens is 3. The van der Waals surface area contributed by atoms with Gasteiger partial charge in [-0.3, -0.25) is 14.7 Å². The molecule has 2 aliphatic heterocycles. The lowest BCUT2D eigenvalue weighted by Gasteiger charge is -2.39. The van der Waals surface area contributed by atoms with Crippen LogP contribution in [0, 0.1) is 0 Å². The van der Waals surface area contributed by atoms with Crippen LogP contribution in [0.5, 0.6) is 5.75 Å². The van der Waals surface area contributed by atoms with Crippen molar-refractivity contribution in [2.75, 3.05) is 31.2 Å². The van der Waals surface area contributed by atoms with Gasteiger partial charge in [-0.05, 0) is 43.4 Å². The molecule has 0 unspecified atom stereocenters. The number of aromatic nitrogens is 3. The Kier molecular flexibility index (Phi) is 6.01. The first-order chi connectivity index (χ1) is 18.2. The van der Waals surface area contributed by atoms with E-state index in [1.165, 1.54) is 4.90 Å². The molecule has 2 aromatic heterocycles. The Morgan fingerprint density at radius 1 is 1.21 bits per heavy atom. The molecular weight excluding hydrogens is 503 g/mol. The SMILES string of the molecule is O=C(CN1C(=O)C2(CCC(Oc3cnc4[nH]ncc4c3)CC2)c2ccccc21)N(CC(F)(F)F)C1COC1. The van der Waals surface area contributed by atoms with Crippen molar-refractivity contribution < 1.29 is 32.2 Å². The maximum absolute atomic E-state index is 13.9. The molecule has 38 heavy (non-hydrogen) atoms. The van der Waals surface area contributed by atoms with E-state index in [9.17, 15) is 22.8 Å². The summed E-state index contributed by atoms with van der Waals surface area (Å²) in [6.07, 6.45) is 0.843. The molecule has 200 valence electrons. The minimum absolute atomic E-state index is 0.0563. The van der Waals surface area contributed by atoms with Gasteiger partial charge in [-0.25, -0.2) is 4.98 Å². The number of carbonyl (C=O) groups is 2. The number of pyridine rings is 1. The van der Waals surface area contributed by atoms with Crippen molar-refractivity contribution in [3.05, 3.63) is 48.3 Å². The lowest BCUT2D eigenvalue weighted by atomic mass is 9.69. The van der Waals surface area contributed by atoms with E-state index in [4.69, 9.17) is 9.47 Å². The van der Waals surface area contributed by atoms with Crippen molar-refractivity contribution in [1.82, 2.24) is 20.1 Å². The summed E-state index contributed by atoms with van der Waals surface area (Å²) < 4.78 is 50.8. The smallest absolute Gasteiger partial charge is 0.406 e. The highest BCUT2D eigenvalue weighted by atomic mass is 19.4. The molecule has 9 nitrogen and oxygen atoms in total. The summed E-state index contributed by atoms with van der Waals surface area (Å²) >= 11 is 0. The van der Waals surface area contributed by atoms with Gasteiger partial charge in [0.2, 0.25) is 11.8 Å². The number of anilines is 1. The first-order valence-corrected chi connectivity index (χ1v) is 12.5. The molecule has 0 radical (unpaired) electrons. The third-order valence-corrected chi connectivity index (χ3v) is 7.74. The average molecular weight is 530 g/mol. The Labute approximate surface area is 215 Å². The maximum Gasteiger partial charge on any atom is 0.406 e. The molecule has 1 spiro atoms. The number of carbonyl (C=O) groups excluding carboxylic acids is 2. The zero-order valence-corrected chi connectivity index (χ0v) is 20.4. The van der Waals surface area contributed by atoms with Gasteiger partial charge < -0.3 is 19.3 Å². The number of rotatable bonds is 6. The summed E-state index contributed by atoms with van der Waals surface area (Å²) in [6, 6.07) is 8.46. The van der Waals surface area contributed by atoms with Crippen LogP contribution in [0.2, 0.25) is 0 Å². The van der Waals surface area contributed by atoms with E-state index in [0.717, 1.165) is 15.8 Å². The second-order valence-electron chi connectivity index (χ2n) is 10.1. The summed E-state index contributed by atoms with van der Waals surface area (Å²) in [5, 5.41) is 7.60. The Morgan fingerprint density at radius 2 is 1.97 bits per heavy atom. The molecule has 1 N–H and O–H groups in total. The highest BCUT2D eigenvalue weighted by molar-refractivity contribution is 6.10. The molecule has 3 aliphatic rings. The van der Waals surface area contributed by atoms with E-state index < -0.39 is 36.6 Å². The Hall–Kier alpha value is -3.67. The minimum Gasteiger partial charge on any atom is -0.489 e. The Morgan fingerprint density at radius 3 is 2.68 bits per heavy atom. The Balaban J connectivity index is 1.18. The van der Waals surface area contributed by atoms with Crippen LogP contribution in [0.25, 0.3) is 11.0 Å². The van der Waals surface area contributed by atoms with Crippen LogP contribution in [0.1, 0.15) is 31.2 Å². The molecule has 6 rings (SSSR count). The van der Waals surface area contributed by atoms with Crippen LogP contribution < -0.4 is 9.64 Å². The van der Waals surface area contributed by atoms with E-state index in [1.807, 2.05) is 18.2 Å². The number of fused-ring (bicyclic) bond motifs is 3. The largest absolute Gasteiger partial charge is 0.489 e. The van der Waals surface area contributed by atoms with Crippen molar-refractivity contribution in [2.24, 2.45) is 0 Å². The number of alkyl halides is 3. The van der Waals surface area contributed by atoms with Gasteiger partial charge in [0.25, 0.3) is 0 Å². The van der Waals surface area contributed by atoms with Gasteiger partial charge in [0.15, 0.2) is 5.65 Å². The third-order valence-electron chi connectivity index (χ3n) is 7.74. The summed E-state index contributed by atoms with van der Waals surface area (Å²) in [4.78, 5) is 33.4. The third kappa shape index (κ3) is 4.36. The first-order valence-electron chi connectivity index (χ1n) is 12.5. The van der Waals surface area contributed by atoms with Gasteiger partial charge in [0.05, 0.1) is 43.2 Å². The molecule has 12 heteroatoms. The number of H-pyrrole nitrogens is 1. The van der Waals surface area contributed by atoms with E-state index in [2.05, 4.69) is 15.2 Å².